The second kappa shape index (κ2) is 10.9. The van der Waals surface area contributed by atoms with Crippen molar-refractivity contribution in [2.24, 2.45) is 0 Å². The molecule has 204 valence electrons. The van der Waals surface area contributed by atoms with Crippen LogP contribution in [0.4, 0.5) is 16.2 Å². The lowest BCUT2D eigenvalue weighted by Gasteiger charge is -2.51. The number of nitrogens with one attached hydrogen (secondary N) is 1. The number of nitriles is 1. The number of hydrogen-bond donors (Lipinski definition) is 2. The lowest BCUT2D eigenvalue weighted by Crippen LogP contribution is -2.64. The number of aromatic nitrogens is 2. The Morgan fingerprint density at radius 1 is 1.21 bits per heavy atom. The predicted molar refractivity (Wildman–Crippen MR) is 145 cm³/mol. The molecule has 0 saturated carbocycles. The molecule has 1 amide bonds. The molecule has 3 aliphatic heterocycles. The molecule has 11 heteroatoms. The summed E-state index contributed by atoms with van der Waals surface area (Å²) in [5.74, 6) is 0.0909. The van der Waals surface area contributed by atoms with E-state index in [1.54, 1.807) is 18.2 Å². The number of ether oxygens (including phenoxy) is 2. The van der Waals surface area contributed by atoms with Crippen LogP contribution in [0.2, 0.25) is 0 Å². The van der Waals surface area contributed by atoms with Crippen LogP contribution in [0.15, 0.2) is 30.3 Å². The summed E-state index contributed by atoms with van der Waals surface area (Å²) in [4.78, 5) is 26.5. The van der Waals surface area contributed by atoms with E-state index in [4.69, 9.17) is 20.5 Å². The minimum absolute atomic E-state index is 0.00787. The molecule has 10 nitrogen and oxygen atoms in total. The summed E-state index contributed by atoms with van der Waals surface area (Å²) in [5, 5.41) is 12.9. The van der Waals surface area contributed by atoms with Crippen molar-refractivity contribution in [2.75, 3.05) is 44.5 Å². The highest BCUT2D eigenvalue weighted by Gasteiger charge is 2.42. The highest BCUT2D eigenvalue weighted by Crippen LogP contribution is 2.39. The number of rotatable bonds is 8. The Morgan fingerprint density at radius 2 is 1.95 bits per heavy atom. The fourth-order valence-corrected chi connectivity index (χ4v) is 5.68. The number of nitrogen functional groups attached to an aromatic ring is 1. The number of amides is 1. The standard InChI is InChI=1S/C28H32FN7O3/c1-4-32-21(17-7-5-16(13-30)6-8-17)12-23(37)35-14-19-10-9-18(35)15-36(19)28-33-25-20(27(31)34-28)11-22(38-2)26(39-3)24(25)29/h5-8,11,18-19,21,32H,4,9-10,12,14-15H2,1-3H3,(H2,31,33,34)/t18?,19?,21-/m1/s1. The maximum atomic E-state index is 15.3. The lowest BCUT2D eigenvalue weighted by atomic mass is 9.90. The van der Waals surface area contributed by atoms with Crippen molar-refractivity contribution in [3.05, 3.63) is 47.3 Å². The summed E-state index contributed by atoms with van der Waals surface area (Å²) in [5.41, 5.74) is 7.88. The quantitative estimate of drug-likeness (QED) is 0.448. The van der Waals surface area contributed by atoms with Crippen LogP contribution in [-0.4, -0.2) is 66.7 Å². The molecule has 39 heavy (non-hydrogen) atoms. The molecule has 3 atom stereocenters. The molecule has 2 bridgehead atoms. The SMILES string of the molecule is CCN[C@H](CC(=O)N1CC2CCC1CN2c1nc(N)c2cc(OC)c(OC)c(F)c2n1)c1ccc(C#N)cc1. The summed E-state index contributed by atoms with van der Waals surface area (Å²) in [6, 6.07) is 10.9. The highest BCUT2D eigenvalue weighted by atomic mass is 19.1. The fraction of sp³-hybridized carbons (Fsp3) is 0.429. The molecule has 0 radical (unpaired) electrons. The Morgan fingerprint density at radius 3 is 2.56 bits per heavy atom. The molecule has 2 unspecified atom stereocenters. The number of anilines is 2. The number of halogens is 1. The first-order valence-corrected chi connectivity index (χ1v) is 13.1. The first kappa shape index (κ1) is 26.4. The highest BCUT2D eigenvalue weighted by molar-refractivity contribution is 5.92. The minimum Gasteiger partial charge on any atom is -0.493 e. The van der Waals surface area contributed by atoms with Gasteiger partial charge in [0.25, 0.3) is 0 Å². The zero-order valence-electron chi connectivity index (χ0n) is 22.3. The van der Waals surface area contributed by atoms with Crippen LogP contribution in [0.25, 0.3) is 10.9 Å². The lowest BCUT2D eigenvalue weighted by molar-refractivity contribution is -0.137. The molecule has 3 aliphatic rings. The summed E-state index contributed by atoms with van der Waals surface area (Å²) >= 11 is 0. The van der Waals surface area contributed by atoms with Crippen LogP contribution in [0, 0.1) is 17.1 Å². The van der Waals surface area contributed by atoms with Gasteiger partial charge < -0.3 is 30.3 Å². The average Bonchev–Trinajstić information content (AvgIpc) is 2.97. The van der Waals surface area contributed by atoms with Crippen LogP contribution in [0.3, 0.4) is 0 Å². The summed E-state index contributed by atoms with van der Waals surface area (Å²) in [7, 11) is 2.80. The third kappa shape index (κ3) is 4.88. The normalized spacial score (nSPS) is 19.2. The summed E-state index contributed by atoms with van der Waals surface area (Å²) in [6.45, 7) is 3.79. The maximum absolute atomic E-state index is 15.3. The third-order valence-corrected chi connectivity index (χ3v) is 7.67. The Bertz CT molecular complexity index is 1430. The van der Waals surface area contributed by atoms with Crippen LogP contribution in [0.5, 0.6) is 11.5 Å². The van der Waals surface area contributed by atoms with Gasteiger partial charge in [0.1, 0.15) is 11.3 Å². The van der Waals surface area contributed by atoms with E-state index in [-0.39, 0.29) is 46.9 Å². The van der Waals surface area contributed by atoms with Gasteiger partial charge in [-0.1, -0.05) is 19.1 Å². The summed E-state index contributed by atoms with van der Waals surface area (Å²) < 4.78 is 25.8. The number of piperidine rings is 2. The Hall–Kier alpha value is -4.17. The molecule has 0 aliphatic carbocycles. The zero-order valence-corrected chi connectivity index (χ0v) is 22.3. The van der Waals surface area contributed by atoms with Gasteiger partial charge in [0.15, 0.2) is 17.3 Å². The number of carbonyl (C=O) groups excluding carboxylic acids is 1. The van der Waals surface area contributed by atoms with Gasteiger partial charge in [0, 0.05) is 43.0 Å². The average molecular weight is 534 g/mol. The number of fused-ring (bicyclic) bond motifs is 4. The third-order valence-electron chi connectivity index (χ3n) is 7.67. The van der Waals surface area contributed by atoms with E-state index in [9.17, 15) is 4.79 Å². The van der Waals surface area contributed by atoms with Gasteiger partial charge in [-0.15, -0.1) is 0 Å². The van der Waals surface area contributed by atoms with Crippen LogP contribution in [0.1, 0.15) is 43.4 Å². The largest absolute Gasteiger partial charge is 0.493 e. The number of piperazine rings is 1. The van der Waals surface area contributed by atoms with Gasteiger partial charge in [-0.3, -0.25) is 4.79 Å². The number of methoxy groups -OCH3 is 2. The van der Waals surface area contributed by atoms with E-state index >= 15 is 4.39 Å². The van der Waals surface area contributed by atoms with Crippen LogP contribution >= 0.6 is 0 Å². The molecule has 2 aromatic carbocycles. The van der Waals surface area contributed by atoms with E-state index in [2.05, 4.69) is 21.4 Å². The van der Waals surface area contributed by atoms with E-state index in [1.165, 1.54) is 14.2 Å². The Labute approximate surface area is 226 Å². The predicted octanol–water partition coefficient (Wildman–Crippen LogP) is 3.16. The van der Waals surface area contributed by atoms with Gasteiger partial charge >= 0.3 is 0 Å². The van der Waals surface area contributed by atoms with E-state index in [0.29, 0.717) is 43.0 Å². The van der Waals surface area contributed by atoms with Crippen LogP contribution in [-0.2, 0) is 4.79 Å². The van der Waals surface area contributed by atoms with Crippen molar-refractivity contribution in [2.45, 2.75) is 44.3 Å². The second-order valence-corrected chi connectivity index (χ2v) is 9.86. The summed E-state index contributed by atoms with van der Waals surface area (Å²) in [6.07, 6.45) is 2.06. The molecule has 6 rings (SSSR count). The molecular formula is C28H32FN7O3. The van der Waals surface area contributed by atoms with Crippen molar-refractivity contribution in [1.82, 2.24) is 20.2 Å². The van der Waals surface area contributed by atoms with Crippen molar-refractivity contribution in [1.29, 1.82) is 5.26 Å². The number of nitrogens with two attached hydrogens (primary N) is 1. The first-order valence-electron chi connectivity index (χ1n) is 13.1. The van der Waals surface area contributed by atoms with Crippen molar-refractivity contribution in [3.63, 3.8) is 0 Å². The second-order valence-electron chi connectivity index (χ2n) is 9.86. The zero-order chi connectivity index (χ0) is 27.7. The number of hydrogen-bond acceptors (Lipinski definition) is 9. The minimum atomic E-state index is -0.654. The van der Waals surface area contributed by atoms with E-state index < -0.39 is 5.82 Å². The molecule has 3 N–H and O–H groups in total. The van der Waals surface area contributed by atoms with Crippen LogP contribution < -0.4 is 25.4 Å². The molecule has 4 heterocycles. The number of nitrogens with zero attached hydrogens (tertiary/aromatic N) is 5. The molecule has 3 fully saturated rings. The molecule has 3 aromatic rings. The molecule has 1 aromatic heterocycles. The van der Waals surface area contributed by atoms with Gasteiger partial charge in [0.2, 0.25) is 11.9 Å². The maximum Gasteiger partial charge on any atom is 0.228 e. The monoisotopic (exact) mass is 533 g/mol. The van der Waals surface area contributed by atoms with Gasteiger partial charge in [-0.25, -0.2) is 9.37 Å². The van der Waals surface area contributed by atoms with Gasteiger partial charge in [0.05, 0.1) is 25.9 Å². The molecule has 3 saturated heterocycles. The van der Waals surface area contributed by atoms with Gasteiger partial charge in [-0.05, 0) is 43.1 Å². The smallest absolute Gasteiger partial charge is 0.228 e. The van der Waals surface area contributed by atoms with Crippen molar-refractivity contribution in [3.8, 4) is 17.6 Å². The number of benzene rings is 2. The topological polar surface area (TPSA) is 130 Å². The molecule has 0 spiro atoms. The first-order chi connectivity index (χ1) is 18.9. The fourth-order valence-electron chi connectivity index (χ4n) is 5.68. The van der Waals surface area contributed by atoms with Gasteiger partial charge in [-0.2, -0.15) is 10.2 Å². The Balaban J connectivity index is 1.36. The molecular weight excluding hydrogens is 501 g/mol. The van der Waals surface area contributed by atoms with Crippen molar-refractivity contribution < 1.29 is 18.7 Å². The Kier molecular flexibility index (Phi) is 7.39. The van der Waals surface area contributed by atoms with E-state index in [0.717, 1.165) is 18.4 Å². The van der Waals surface area contributed by atoms with E-state index in [1.807, 2.05) is 28.9 Å². The number of carbonyl (C=O) groups is 1. The van der Waals surface area contributed by atoms with Crippen molar-refractivity contribution >= 4 is 28.6 Å².